The summed E-state index contributed by atoms with van der Waals surface area (Å²) >= 11 is 0. The molecule has 1 fully saturated rings. The maximum atomic E-state index is 12.7. The molecule has 0 unspecified atom stereocenters. The molecule has 1 aliphatic heterocycles. The third kappa shape index (κ3) is 4.37. The van der Waals surface area contributed by atoms with Crippen molar-refractivity contribution in [2.75, 3.05) is 42.3 Å². The highest BCUT2D eigenvalue weighted by molar-refractivity contribution is 6.05. The Labute approximate surface area is 171 Å². The summed E-state index contributed by atoms with van der Waals surface area (Å²) in [6.07, 6.45) is 2.42. The maximum Gasteiger partial charge on any atom is 0.255 e. The van der Waals surface area contributed by atoms with Gasteiger partial charge in [0.05, 0.1) is 5.69 Å². The van der Waals surface area contributed by atoms with Crippen LogP contribution in [-0.4, -0.2) is 43.3 Å². The molecule has 2 heterocycles. The topological polar surface area (TPSA) is 61.4 Å². The van der Waals surface area contributed by atoms with E-state index in [1.807, 2.05) is 79.7 Å². The summed E-state index contributed by atoms with van der Waals surface area (Å²) in [4.78, 5) is 16.9. The molecular formula is C23H25N5O. The van der Waals surface area contributed by atoms with Crippen molar-refractivity contribution in [2.24, 2.45) is 0 Å². The van der Waals surface area contributed by atoms with Gasteiger partial charge in [0.1, 0.15) is 0 Å². The number of carbonyl (C=O) groups excluding carboxylic acids is 1. The van der Waals surface area contributed by atoms with Gasteiger partial charge in [-0.2, -0.15) is 0 Å². The van der Waals surface area contributed by atoms with E-state index in [0.717, 1.165) is 41.5 Å². The minimum absolute atomic E-state index is 0.138. The molecule has 1 amide bonds. The monoisotopic (exact) mass is 387 g/mol. The summed E-state index contributed by atoms with van der Waals surface area (Å²) in [7, 11) is 3.91. The highest BCUT2D eigenvalue weighted by Crippen LogP contribution is 2.24. The molecule has 3 aromatic rings. The van der Waals surface area contributed by atoms with Gasteiger partial charge in [0.2, 0.25) is 0 Å². The van der Waals surface area contributed by atoms with Crippen LogP contribution in [0.2, 0.25) is 0 Å². The van der Waals surface area contributed by atoms with Crippen LogP contribution in [0.1, 0.15) is 23.2 Å². The molecule has 2 aromatic carbocycles. The van der Waals surface area contributed by atoms with Crippen molar-refractivity contribution in [1.29, 1.82) is 0 Å². The van der Waals surface area contributed by atoms with E-state index in [4.69, 9.17) is 0 Å². The van der Waals surface area contributed by atoms with E-state index in [9.17, 15) is 4.79 Å². The van der Waals surface area contributed by atoms with E-state index < -0.39 is 0 Å². The van der Waals surface area contributed by atoms with Crippen LogP contribution in [0.3, 0.4) is 0 Å². The largest absolute Gasteiger partial charge is 0.378 e. The van der Waals surface area contributed by atoms with Crippen LogP contribution in [0, 0.1) is 0 Å². The van der Waals surface area contributed by atoms with Crippen LogP contribution in [-0.2, 0) is 0 Å². The number of nitrogens with zero attached hydrogens (tertiary/aromatic N) is 4. The standard InChI is InChI=1S/C23H25N5O/c1-27(2)20-10-6-8-18(16-20)23(29)24-19-9-5-7-17(15-19)21-11-12-22(26-25-21)28-13-3-4-14-28/h5-12,15-16H,3-4,13-14H2,1-2H3,(H,24,29). The third-order valence-electron chi connectivity index (χ3n) is 5.12. The number of amides is 1. The van der Waals surface area contributed by atoms with Gasteiger partial charge in [0.15, 0.2) is 5.82 Å². The number of hydrogen-bond acceptors (Lipinski definition) is 5. The van der Waals surface area contributed by atoms with Gasteiger partial charge in [0, 0.05) is 49.7 Å². The number of nitrogens with one attached hydrogen (secondary N) is 1. The Bertz CT molecular complexity index is 994. The Kier molecular flexibility index (Phi) is 5.42. The highest BCUT2D eigenvalue weighted by atomic mass is 16.1. The smallest absolute Gasteiger partial charge is 0.255 e. The number of benzene rings is 2. The van der Waals surface area contributed by atoms with Crippen molar-refractivity contribution in [3.05, 3.63) is 66.2 Å². The molecular weight excluding hydrogens is 362 g/mol. The lowest BCUT2D eigenvalue weighted by Crippen LogP contribution is -2.19. The molecule has 0 radical (unpaired) electrons. The van der Waals surface area contributed by atoms with Crippen LogP contribution in [0.5, 0.6) is 0 Å². The number of aromatic nitrogens is 2. The zero-order chi connectivity index (χ0) is 20.2. The summed E-state index contributed by atoms with van der Waals surface area (Å²) in [6, 6.07) is 19.2. The SMILES string of the molecule is CN(C)c1cccc(C(=O)Nc2cccc(-c3ccc(N4CCCC4)nn3)c2)c1. The van der Waals surface area contributed by atoms with E-state index in [-0.39, 0.29) is 5.91 Å². The first-order valence-electron chi connectivity index (χ1n) is 9.88. The molecule has 1 N–H and O–H groups in total. The summed E-state index contributed by atoms with van der Waals surface area (Å²) in [5.74, 6) is 0.790. The molecule has 0 bridgehead atoms. The van der Waals surface area contributed by atoms with E-state index in [2.05, 4.69) is 20.4 Å². The molecule has 0 aliphatic carbocycles. The first-order valence-corrected chi connectivity index (χ1v) is 9.88. The lowest BCUT2D eigenvalue weighted by Gasteiger charge is -2.15. The van der Waals surface area contributed by atoms with Crippen molar-refractivity contribution in [2.45, 2.75) is 12.8 Å². The van der Waals surface area contributed by atoms with Gasteiger partial charge in [-0.3, -0.25) is 4.79 Å². The Balaban J connectivity index is 1.50. The fourth-order valence-corrected chi connectivity index (χ4v) is 3.48. The first-order chi connectivity index (χ1) is 14.1. The fraction of sp³-hybridized carbons (Fsp3) is 0.261. The fourth-order valence-electron chi connectivity index (χ4n) is 3.48. The minimum Gasteiger partial charge on any atom is -0.378 e. The van der Waals surface area contributed by atoms with Crippen molar-refractivity contribution in [3.63, 3.8) is 0 Å². The van der Waals surface area contributed by atoms with E-state index in [1.54, 1.807) is 0 Å². The van der Waals surface area contributed by atoms with Gasteiger partial charge in [-0.05, 0) is 55.3 Å². The van der Waals surface area contributed by atoms with Crippen LogP contribution in [0.15, 0.2) is 60.7 Å². The first kappa shape index (κ1) is 18.9. The van der Waals surface area contributed by atoms with Crippen LogP contribution < -0.4 is 15.1 Å². The molecule has 1 aromatic heterocycles. The molecule has 4 rings (SSSR count). The predicted octanol–water partition coefficient (Wildman–Crippen LogP) is 4.06. The van der Waals surface area contributed by atoms with Crippen LogP contribution >= 0.6 is 0 Å². The second kappa shape index (κ2) is 8.31. The van der Waals surface area contributed by atoms with Crippen LogP contribution in [0.4, 0.5) is 17.2 Å². The Morgan fingerprint density at radius 2 is 1.76 bits per heavy atom. The van der Waals surface area contributed by atoms with Gasteiger partial charge in [-0.1, -0.05) is 18.2 Å². The molecule has 29 heavy (non-hydrogen) atoms. The number of hydrogen-bond donors (Lipinski definition) is 1. The summed E-state index contributed by atoms with van der Waals surface area (Å²) in [5, 5.41) is 11.8. The molecule has 0 atom stereocenters. The molecule has 1 aliphatic rings. The number of carbonyl (C=O) groups is 1. The third-order valence-corrected chi connectivity index (χ3v) is 5.12. The van der Waals surface area contributed by atoms with E-state index in [1.165, 1.54) is 12.8 Å². The molecule has 1 saturated heterocycles. The summed E-state index contributed by atoms with van der Waals surface area (Å²) in [5.41, 5.74) is 4.05. The molecule has 0 saturated carbocycles. The number of anilines is 3. The lowest BCUT2D eigenvalue weighted by atomic mass is 10.1. The number of rotatable bonds is 5. The normalized spacial score (nSPS) is 13.4. The van der Waals surface area contributed by atoms with Gasteiger partial charge >= 0.3 is 0 Å². The molecule has 148 valence electrons. The highest BCUT2D eigenvalue weighted by Gasteiger charge is 2.14. The maximum absolute atomic E-state index is 12.7. The Hall–Kier alpha value is -3.41. The predicted molar refractivity (Wildman–Crippen MR) is 118 cm³/mol. The van der Waals surface area contributed by atoms with Crippen molar-refractivity contribution in [1.82, 2.24) is 10.2 Å². The average molecular weight is 387 g/mol. The lowest BCUT2D eigenvalue weighted by molar-refractivity contribution is 0.102. The van der Waals surface area contributed by atoms with Gasteiger partial charge in [0.25, 0.3) is 5.91 Å². The zero-order valence-electron chi connectivity index (χ0n) is 16.8. The molecule has 6 heteroatoms. The quantitative estimate of drug-likeness (QED) is 0.715. The van der Waals surface area contributed by atoms with Crippen molar-refractivity contribution < 1.29 is 4.79 Å². The average Bonchev–Trinajstić information content (AvgIpc) is 3.29. The van der Waals surface area contributed by atoms with E-state index in [0.29, 0.717) is 5.56 Å². The molecule has 6 nitrogen and oxygen atoms in total. The zero-order valence-corrected chi connectivity index (χ0v) is 16.8. The molecule has 0 spiro atoms. The van der Waals surface area contributed by atoms with Crippen LogP contribution in [0.25, 0.3) is 11.3 Å². The Morgan fingerprint density at radius 1 is 0.966 bits per heavy atom. The van der Waals surface area contributed by atoms with Crippen molar-refractivity contribution in [3.8, 4) is 11.3 Å². The van der Waals surface area contributed by atoms with Gasteiger partial charge in [-0.15, -0.1) is 10.2 Å². The summed E-state index contributed by atoms with van der Waals surface area (Å²) in [6.45, 7) is 2.09. The second-order valence-electron chi connectivity index (χ2n) is 7.45. The van der Waals surface area contributed by atoms with E-state index >= 15 is 0 Å². The summed E-state index contributed by atoms with van der Waals surface area (Å²) < 4.78 is 0. The minimum atomic E-state index is -0.138. The van der Waals surface area contributed by atoms with Gasteiger partial charge in [-0.25, -0.2) is 0 Å². The van der Waals surface area contributed by atoms with Crippen molar-refractivity contribution >= 4 is 23.1 Å². The van der Waals surface area contributed by atoms with Gasteiger partial charge < -0.3 is 15.1 Å². The Morgan fingerprint density at radius 3 is 2.48 bits per heavy atom. The second-order valence-corrected chi connectivity index (χ2v) is 7.45.